The molecule has 0 fully saturated rings. The maximum absolute atomic E-state index is 12.3. The average molecular weight is 639 g/mol. The third-order valence-electron chi connectivity index (χ3n) is 4.76. The van der Waals surface area contributed by atoms with Gasteiger partial charge >= 0.3 is 0 Å². The van der Waals surface area contributed by atoms with Gasteiger partial charge in [-0.25, -0.2) is 5.43 Å². The number of hydrazone groups is 1. The van der Waals surface area contributed by atoms with Crippen molar-refractivity contribution < 1.29 is 23.7 Å². The summed E-state index contributed by atoms with van der Waals surface area (Å²) in [7, 11) is 4.71. The summed E-state index contributed by atoms with van der Waals surface area (Å²) in [5.74, 6) is 2.17. The lowest BCUT2D eigenvalue weighted by molar-refractivity contribution is -0.120. The van der Waals surface area contributed by atoms with Crippen LogP contribution in [0.5, 0.6) is 23.0 Å². The number of methoxy groups -OCH3 is 3. The lowest BCUT2D eigenvalue weighted by Crippen LogP contribution is -2.19. The Morgan fingerprint density at radius 1 is 0.941 bits per heavy atom. The highest BCUT2D eigenvalue weighted by Gasteiger charge is 2.12. The molecule has 3 rings (SSSR count). The zero-order valence-corrected chi connectivity index (χ0v) is 22.7. The maximum Gasteiger partial charge on any atom is 0.244 e. The van der Waals surface area contributed by atoms with E-state index in [2.05, 4.69) is 49.0 Å². The molecule has 0 aliphatic carbocycles. The second-order valence-electron chi connectivity index (χ2n) is 7.11. The largest absolute Gasteiger partial charge is 0.493 e. The molecule has 3 aromatic carbocycles. The Labute approximate surface area is 220 Å². The quantitative estimate of drug-likeness (QED) is 0.184. The average Bonchev–Trinajstić information content (AvgIpc) is 2.84. The minimum absolute atomic E-state index is 0.154. The number of amides is 1. The molecule has 0 aliphatic rings. The first kappa shape index (κ1) is 25.8. The number of carbonyl (C=O) groups excluding carboxylic acids is 1. The van der Waals surface area contributed by atoms with E-state index in [-0.39, 0.29) is 12.3 Å². The molecule has 0 atom stereocenters. The monoisotopic (exact) mass is 638 g/mol. The number of nitrogens with one attached hydrogen (secondary N) is 1. The Morgan fingerprint density at radius 3 is 2.29 bits per heavy atom. The van der Waals surface area contributed by atoms with Crippen LogP contribution in [0.25, 0.3) is 0 Å². The van der Waals surface area contributed by atoms with Gasteiger partial charge in [0, 0.05) is 4.47 Å². The SMILES string of the molecule is COc1ccc(CC(=O)N/N=C/c2cc(I)c(OCc3ccc(Br)cc3)c(OC)c2)cc1OC. The molecule has 0 unspecified atom stereocenters. The van der Waals surface area contributed by atoms with Crippen LogP contribution >= 0.6 is 38.5 Å². The van der Waals surface area contributed by atoms with Gasteiger partial charge in [0.2, 0.25) is 5.91 Å². The van der Waals surface area contributed by atoms with Gasteiger partial charge < -0.3 is 18.9 Å². The number of halogens is 2. The third-order valence-corrected chi connectivity index (χ3v) is 6.09. The summed E-state index contributed by atoms with van der Waals surface area (Å²) in [5.41, 5.74) is 5.15. The minimum atomic E-state index is -0.250. The number of nitrogens with zero attached hydrogens (tertiary/aromatic N) is 1. The molecule has 0 aliphatic heterocycles. The highest BCUT2D eigenvalue weighted by molar-refractivity contribution is 14.1. The van der Waals surface area contributed by atoms with Crippen LogP contribution in [-0.4, -0.2) is 33.5 Å². The van der Waals surface area contributed by atoms with E-state index in [1.165, 1.54) is 0 Å². The smallest absolute Gasteiger partial charge is 0.244 e. The van der Waals surface area contributed by atoms with Gasteiger partial charge in [-0.05, 0) is 75.7 Å². The lowest BCUT2D eigenvalue weighted by atomic mass is 10.1. The van der Waals surface area contributed by atoms with Gasteiger partial charge in [0.05, 0.1) is 37.5 Å². The fourth-order valence-electron chi connectivity index (χ4n) is 3.08. The molecule has 0 radical (unpaired) electrons. The van der Waals surface area contributed by atoms with Crippen LogP contribution in [-0.2, 0) is 17.8 Å². The van der Waals surface area contributed by atoms with Crippen molar-refractivity contribution in [3.8, 4) is 23.0 Å². The molecule has 0 saturated carbocycles. The van der Waals surface area contributed by atoms with Crippen LogP contribution in [0.2, 0.25) is 0 Å². The van der Waals surface area contributed by atoms with Crippen molar-refractivity contribution in [3.05, 3.63) is 79.3 Å². The van der Waals surface area contributed by atoms with Crippen molar-refractivity contribution >= 4 is 50.6 Å². The standard InChI is InChI=1S/C25H24BrIN2O5/c1-31-21-9-6-17(11-22(21)32-2)13-24(30)29-28-14-18-10-20(27)25(23(12-18)33-3)34-15-16-4-7-19(26)8-5-16/h4-12,14H,13,15H2,1-3H3,(H,29,30)/b28-14+. The summed E-state index contributed by atoms with van der Waals surface area (Å²) in [5, 5.41) is 4.08. The van der Waals surface area contributed by atoms with Crippen LogP contribution in [0.4, 0.5) is 0 Å². The minimum Gasteiger partial charge on any atom is -0.493 e. The van der Waals surface area contributed by atoms with E-state index >= 15 is 0 Å². The van der Waals surface area contributed by atoms with Crippen molar-refractivity contribution in [1.82, 2.24) is 5.43 Å². The van der Waals surface area contributed by atoms with Crippen molar-refractivity contribution in [1.29, 1.82) is 0 Å². The molecule has 9 heteroatoms. The van der Waals surface area contributed by atoms with E-state index in [1.54, 1.807) is 39.7 Å². The van der Waals surface area contributed by atoms with Crippen molar-refractivity contribution in [2.24, 2.45) is 5.10 Å². The Morgan fingerprint density at radius 2 is 1.62 bits per heavy atom. The molecular formula is C25H24BrIN2O5. The van der Waals surface area contributed by atoms with Gasteiger partial charge in [-0.3, -0.25) is 4.79 Å². The van der Waals surface area contributed by atoms with Crippen LogP contribution in [0, 0.1) is 3.57 Å². The summed E-state index contributed by atoms with van der Waals surface area (Å²) in [4.78, 5) is 12.3. The van der Waals surface area contributed by atoms with Gasteiger partial charge in [0.15, 0.2) is 23.0 Å². The van der Waals surface area contributed by atoms with Crippen LogP contribution in [0.1, 0.15) is 16.7 Å². The summed E-state index contributed by atoms with van der Waals surface area (Å²) in [6.45, 7) is 0.416. The van der Waals surface area contributed by atoms with E-state index < -0.39 is 0 Å². The molecule has 0 heterocycles. The van der Waals surface area contributed by atoms with Crippen molar-refractivity contribution in [2.45, 2.75) is 13.0 Å². The van der Waals surface area contributed by atoms with Gasteiger partial charge in [-0.15, -0.1) is 0 Å². The first-order valence-electron chi connectivity index (χ1n) is 10.2. The summed E-state index contributed by atoms with van der Waals surface area (Å²) < 4.78 is 23.9. The van der Waals surface area contributed by atoms with Crippen molar-refractivity contribution in [3.63, 3.8) is 0 Å². The van der Waals surface area contributed by atoms with E-state index in [0.717, 1.165) is 24.7 Å². The molecule has 0 bridgehead atoms. The predicted octanol–water partition coefficient (Wildman–Crippen LogP) is 5.35. The Hall–Kier alpha value is -2.79. The summed E-state index contributed by atoms with van der Waals surface area (Å²) in [6.07, 6.45) is 1.72. The molecule has 0 spiro atoms. The zero-order chi connectivity index (χ0) is 24.5. The number of rotatable bonds is 10. The topological polar surface area (TPSA) is 78.4 Å². The first-order chi connectivity index (χ1) is 16.4. The number of hydrogen-bond donors (Lipinski definition) is 1. The number of ether oxygens (including phenoxy) is 4. The molecule has 1 amide bonds. The van der Waals surface area contributed by atoms with Gasteiger partial charge in [0.1, 0.15) is 6.61 Å². The lowest BCUT2D eigenvalue weighted by Gasteiger charge is -2.13. The maximum atomic E-state index is 12.3. The number of benzene rings is 3. The van der Waals surface area contributed by atoms with Crippen LogP contribution in [0.3, 0.4) is 0 Å². The molecule has 34 heavy (non-hydrogen) atoms. The molecule has 7 nitrogen and oxygen atoms in total. The van der Waals surface area contributed by atoms with Crippen LogP contribution < -0.4 is 24.4 Å². The second-order valence-corrected chi connectivity index (χ2v) is 9.19. The number of hydrogen-bond acceptors (Lipinski definition) is 6. The highest BCUT2D eigenvalue weighted by atomic mass is 127. The first-order valence-corrected chi connectivity index (χ1v) is 12.1. The Balaban J connectivity index is 1.62. The van der Waals surface area contributed by atoms with E-state index in [1.807, 2.05) is 42.5 Å². The second kappa shape index (κ2) is 12.6. The molecule has 0 aromatic heterocycles. The predicted molar refractivity (Wildman–Crippen MR) is 143 cm³/mol. The summed E-state index contributed by atoms with van der Waals surface area (Å²) in [6, 6.07) is 17.0. The molecular weight excluding hydrogens is 615 g/mol. The zero-order valence-electron chi connectivity index (χ0n) is 18.9. The summed E-state index contributed by atoms with van der Waals surface area (Å²) >= 11 is 5.62. The number of carbonyl (C=O) groups is 1. The molecule has 1 N–H and O–H groups in total. The van der Waals surface area contributed by atoms with E-state index in [9.17, 15) is 4.79 Å². The third kappa shape index (κ3) is 7.10. The Kier molecular flexibility index (Phi) is 9.58. The van der Waals surface area contributed by atoms with Gasteiger partial charge in [0.25, 0.3) is 0 Å². The van der Waals surface area contributed by atoms with E-state index in [4.69, 9.17) is 18.9 Å². The van der Waals surface area contributed by atoms with E-state index in [0.29, 0.717) is 29.6 Å². The highest BCUT2D eigenvalue weighted by Crippen LogP contribution is 2.34. The molecule has 178 valence electrons. The Bertz CT molecular complexity index is 1170. The van der Waals surface area contributed by atoms with Crippen LogP contribution in [0.15, 0.2) is 64.2 Å². The van der Waals surface area contributed by atoms with Gasteiger partial charge in [-0.1, -0.05) is 34.1 Å². The van der Waals surface area contributed by atoms with Gasteiger partial charge in [-0.2, -0.15) is 5.10 Å². The normalized spacial score (nSPS) is 10.7. The fraction of sp³-hybridized carbons (Fsp3) is 0.200. The molecule has 0 saturated heterocycles. The fourth-order valence-corrected chi connectivity index (χ4v) is 4.13. The van der Waals surface area contributed by atoms with Crippen molar-refractivity contribution in [2.75, 3.05) is 21.3 Å². The molecule has 3 aromatic rings.